The quantitative estimate of drug-likeness (QED) is 0.355. The van der Waals surface area contributed by atoms with Gasteiger partial charge in [0.05, 0.1) is 31.0 Å². The minimum Gasteiger partial charge on any atom is -0.857 e. The van der Waals surface area contributed by atoms with E-state index in [1.165, 1.54) is 13.2 Å². The SMILES string of the molecule is CCc1ncc(/C=C(\CC(=O)O)C(=O)OC)n1Cc1ccccc1.C[O-].[Na+]. The number of carboxylic acid groups (broad SMARTS) is 1. The topological polar surface area (TPSA) is 104 Å². The van der Waals surface area contributed by atoms with Crippen molar-refractivity contribution in [3.8, 4) is 0 Å². The van der Waals surface area contributed by atoms with Gasteiger partial charge in [0, 0.05) is 13.0 Å². The second kappa shape index (κ2) is 13.3. The van der Waals surface area contributed by atoms with Crippen LogP contribution in [0.15, 0.2) is 42.1 Å². The van der Waals surface area contributed by atoms with E-state index >= 15 is 0 Å². The molecule has 0 amide bonds. The summed E-state index contributed by atoms with van der Waals surface area (Å²) in [7, 11) is 1.98. The second-order valence-corrected chi connectivity index (χ2v) is 5.26. The minimum atomic E-state index is -1.09. The molecule has 0 radical (unpaired) electrons. The summed E-state index contributed by atoms with van der Waals surface area (Å²) in [5.74, 6) is -0.871. The van der Waals surface area contributed by atoms with Crippen LogP contribution < -0.4 is 34.7 Å². The van der Waals surface area contributed by atoms with Gasteiger partial charge in [0.15, 0.2) is 0 Å². The minimum absolute atomic E-state index is 0. The first-order valence-corrected chi connectivity index (χ1v) is 8.05. The number of carbonyl (C=O) groups is 2. The number of methoxy groups -OCH3 is 1. The zero-order chi connectivity index (χ0) is 19.5. The summed E-state index contributed by atoms with van der Waals surface area (Å²) in [5.41, 5.74) is 1.86. The van der Waals surface area contributed by atoms with Gasteiger partial charge < -0.3 is 19.5 Å². The molecule has 0 bridgehead atoms. The molecule has 7 nitrogen and oxygen atoms in total. The average Bonchev–Trinajstić information content (AvgIpc) is 3.04. The summed E-state index contributed by atoms with van der Waals surface area (Å²) in [6.45, 7) is 2.59. The zero-order valence-corrected chi connectivity index (χ0v) is 18.1. The molecule has 140 valence electrons. The molecule has 0 fully saturated rings. The maximum atomic E-state index is 11.8. The Kier molecular flexibility index (Phi) is 12.3. The van der Waals surface area contributed by atoms with Gasteiger partial charge in [0.25, 0.3) is 0 Å². The van der Waals surface area contributed by atoms with Crippen LogP contribution in [0.2, 0.25) is 0 Å². The molecule has 0 aliphatic rings. The van der Waals surface area contributed by atoms with E-state index in [1.807, 2.05) is 41.8 Å². The average molecular weight is 382 g/mol. The van der Waals surface area contributed by atoms with Crippen molar-refractivity contribution in [3.05, 3.63) is 59.2 Å². The van der Waals surface area contributed by atoms with E-state index in [4.69, 9.17) is 10.2 Å². The summed E-state index contributed by atoms with van der Waals surface area (Å²) in [6.07, 6.45) is 3.51. The Morgan fingerprint density at radius 1 is 1.26 bits per heavy atom. The molecule has 1 heterocycles. The Labute approximate surface area is 181 Å². The fourth-order valence-corrected chi connectivity index (χ4v) is 2.43. The third-order valence-electron chi connectivity index (χ3n) is 3.58. The molecule has 2 aromatic rings. The molecule has 27 heavy (non-hydrogen) atoms. The van der Waals surface area contributed by atoms with Crippen LogP contribution in [0.1, 0.15) is 30.4 Å². The molecule has 1 N–H and O–H groups in total. The standard InChI is InChI=1S/C18H20N2O4.CH3O.Na/c1-3-16-19-11-15(9-14(10-17(21)22)18(23)24-2)20(16)12-13-7-5-4-6-8-13;1-2;/h4-9,11H,3,10,12H2,1-2H3,(H,21,22);1H3;/q;-1;+1/b14-9+;;. The molecule has 8 heteroatoms. The van der Waals surface area contributed by atoms with Gasteiger partial charge in [-0.1, -0.05) is 37.3 Å². The summed E-state index contributed by atoms with van der Waals surface area (Å²) in [4.78, 5) is 27.2. The van der Waals surface area contributed by atoms with Gasteiger partial charge in [-0.25, -0.2) is 9.78 Å². The van der Waals surface area contributed by atoms with Crippen LogP contribution in [0.4, 0.5) is 0 Å². The van der Waals surface area contributed by atoms with Gasteiger partial charge in [-0.05, 0) is 11.6 Å². The number of aromatic nitrogens is 2. The van der Waals surface area contributed by atoms with E-state index in [1.54, 1.807) is 6.20 Å². The van der Waals surface area contributed by atoms with Gasteiger partial charge in [-0.3, -0.25) is 4.79 Å². The first kappa shape index (κ1) is 25.1. The molecule has 0 atom stereocenters. The normalized spacial score (nSPS) is 10.3. The molecular weight excluding hydrogens is 359 g/mol. The number of hydrogen-bond acceptors (Lipinski definition) is 5. The number of hydrogen-bond donors (Lipinski definition) is 1. The number of ether oxygens (including phenoxy) is 1. The fraction of sp³-hybridized carbons (Fsp3) is 0.316. The Balaban J connectivity index is 0.00000218. The Morgan fingerprint density at radius 3 is 2.41 bits per heavy atom. The molecule has 0 aliphatic carbocycles. The Morgan fingerprint density at radius 2 is 1.89 bits per heavy atom. The molecule has 0 saturated heterocycles. The fourth-order valence-electron chi connectivity index (χ4n) is 2.43. The smallest absolute Gasteiger partial charge is 0.857 e. The molecule has 0 unspecified atom stereocenters. The van der Waals surface area contributed by atoms with Crippen molar-refractivity contribution < 1.29 is 54.1 Å². The number of carboxylic acids is 1. The van der Waals surface area contributed by atoms with Gasteiger partial charge >= 0.3 is 41.5 Å². The predicted octanol–water partition coefficient (Wildman–Crippen LogP) is -1.49. The second-order valence-electron chi connectivity index (χ2n) is 5.26. The van der Waals surface area contributed by atoms with E-state index in [-0.39, 0.29) is 35.1 Å². The number of aliphatic carboxylic acids is 1. The van der Waals surface area contributed by atoms with Crippen molar-refractivity contribution >= 4 is 18.0 Å². The third kappa shape index (κ3) is 7.68. The van der Waals surface area contributed by atoms with Crippen LogP contribution in [0.5, 0.6) is 0 Å². The van der Waals surface area contributed by atoms with Crippen molar-refractivity contribution in [2.45, 2.75) is 26.3 Å². The van der Waals surface area contributed by atoms with E-state index < -0.39 is 18.4 Å². The van der Waals surface area contributed by atoms with Gasteiger partial charge in [-0.15, -0.1) is 0 Å². The van der Waals surface area contributed by atoms with Crippen molar-refractivity contribution in [1.82, 2.24) is 9.55 Å². The zero-order valence-electron chi connectivity index (χ0n) is 16.1. The largest absolute Gasteiger partial charge is 1.00 e. The van der Waals surface area contributed by atoms with Crippen LogP contribution >= 0.6 is 0 Å². The van der Waals surface area contributed by atoms with Crippen LogP contribution in [0.3, 0.4) is 0 Å². The molecule has 0 spiro atoms. The van der Waals surface area contributed by atoms with Crippen molar-refractivity contribution in [3.63, 3.8) is 0 Å². The van der Waals surface area contributed by atoms with Crippen molar-refractivity contribution in [1.29, 1.82) is 0 Å². The summed E-state index contributed by atoms with van der Waals surface area (Å²) >= 11 is 0. The monoisotopic (exact) mass is 382 g/mol. The summed E-state index contributed by atoms with van der Waals surface area (Å²) in [6, 6.07) is 9.87. The Bertz CT molecular complexity index is 757. The number of aryl methyl sites for hydroxylation is 1. The summed E-state index contributed by atoms with van der Waals surface area (Å²) < 4.78 is 6.65. The molecule has 1 aromatic carbocycles. The van der Waals surface area contributed by atoms with E-state index in [0.29, 0.717) is 12.2 Å². The first-order chi connectivity index (χ1) is 12.5. The molecule has 0 saturated carbocycles. The number of rotatable bonds is 7. The van der Waals surface area contributed by atoms with Crippen LogP contribution in [0.25, 0.3) is 6.08 Å². The molecule has 2 rings (SSSR count). The van der Waals surface area contributed by atoms with Gasteiger partial charge in [-0.2, -0.15) is 7.11 Å². The van der Waals surface area contributed by atoms with E-state index in [2.05, 4.69) is 9.72 Å². The molecule has 1 aromatic heterocycles. The number of benzene rings is 1. The van der Waals surface area contributed by atoms with Crippen LogP contribution in [0, 0.1) is 0 Å². The summed E-state index contributed by atoms with van der Waals surface area (Å²) in [5, 5.41) is 17.2. The number of nitrogens with zero attached hydrogens (tertiary/aromatic N) is 2. The van der Waals surface area contributed by atoms with E-state index in [0.717, 1.165) is 24.9 Å². The van der Waals surface area contributed by atoms with Crippen molar-refractivity contribution in [2.24, 2.45) is 0 Å². The first-order valence-electron chi connectivity index (χ1n) is 8.05. The number of imidazole rings is 1. The van der Waals surface area contributed by atoms with Crippen LogP contribution in [-0.2, 0) is 27.3 Å². The number of carbonyl (C=O) groups excluding carboxylic acids is 1. The molecular formula is C19H23N2NaO5. The third-order valence-corrected chi connectivity index (χ3v) is 3.58. The Hall–Kier alpha value is -1.93. The number of esters is 1. The predicted molar refractivity (Wildman–Crippen MR) is 95.3 cm³/mol. The maximum Gasteiger partial charge on any atom is 1.00 e. The van der Waals surface area contributed by atoms with Crippen molar-refractivity contribution in [2.75, 3.05) is 14.2 Å². The molecule has 0 aliphatic heterocycles. The van der Waals surface area contributed by atoms with Crippen LogP contribution in [-0.4, -0.2) is 40.8 Å². The van der Waals surface area contributed by atoms with E-state index in [9.17, 15) is 9.59 Å². The maximum absolute atomic E-state index is 11.8. The van der Waals surface area contributed by atoms with Gasteiger partial charge in [0.1, 0.15) is 5.82 Å². The van der Waals surface area contributed by atoms with Gasteiger partial charge in [0.2, 0.25) is 0 Å².